The first kappa shape index (κ1) is 23.9. The Bertz CT molecular complexity index is 1420. The van der Waals surface area contributed by atoms with E-state index in [1.54, 1.807) is 0 Å². The second-order valence-electron chi connectivity index (χ2n) is 10.0. The summed E-state index contributed by atoms with van der Waals surface area (Å²) in [6.07, 6.45) is -0.626. The zero-order valence-electron chi connectivity index (χ0n) is 19.4. The van der Waals surface area contributed by atoms with Gasteiger partial charge in [0.05, 0.1) is 17.0 Å². The number of carboxylic acids is 1. The van der Waals surface area contributed by atoms with E-state index in [-0.39, 0.29) is 39.8 Å². The molecular formula is C26H23F5N4O2. The van der Waals surface area contributed by atoms with Gasteiger partial charge in [-0.3, -0.25) is 10.1 Å². The van der Waals surface area contributed by atoms with Crippen molar-refractivity contribution in [1.29, 1.82) is 0 Å². The molecule has 0 radical (unpaired) electrons. The van der Waals surface area contributed by atoms with Crippen LogP contribution in [0.15, 0.2) is 41.5 Å². The zero-order valence-corrected chi connectivity index (χ0v) is 19.4. The standard InChI is InChI=1S/C26H23F5N4O2/c27-14-8-16-17(10-32-22(16)18(28)9-14)24-33-19-7-13(26(29,30)31)5-6-15(19)23(35-24)34-21-12-3-1-11(2-4-12)20(21)25(36)37/h5-12,20-21,23,32,34H,1-4H2,(H,33,35)(H,36,37). The van der Waals surface area contributed by atoms with Crippen LogP contribution in [-0.4, -0.2) is 27.9 Å². The van der Waals surface area contributed by atoms with Crippen molar-refractivity contribution in [2.75, 3.05) is 5.32 Å². The number of amidine groups is 1. The number of rotatable bonds is 4. The molecule has 0 spiro atoms. The molecule has 2 heterocycles. The Labute approximate surface area is 208 Å². The fourth-order valence-electron chi connectivity index (χ4n) is 6.28. The number of nitrogens with zero attached hydrogens (tertiary/aromatic N) is 1. The third kappa shape index (κ3) is 4.05. The number of nitrogens with one attached hydrogen (secondary N) is 3. The van der Waals surface area contributed by atoms with Gasteiger partial charge >= 0.3 is 12.1 Å². The van der Waals surface area contributed by atoms with E-state index in [2.05, 4.69) is 15.6 Å². The predicted octanol–water partition coefficient (Wildman–Crippen LogP) is 5.81. The molecule has 3 aromatic rings. The van der Waals surface area contributed by atoms with E-state index in [1.807, 2.05) is 0 Å². The van der Waals surface area contributed by atoms with Crippen LogP contribution in [0, 0.1) is 29.4 Å². The first-order valence-corrected chi connectivity index (χ1v) is 12.1. The average molecular weight is 518 g/mol. The summed E-state index contributed by atoms with van der Waals surface area (Å²) in [6.45, 7) is 0. The lowest BCUT2D eigenvalue weighted by Gasteiger charge is -2.48. The molecule has 11 heteroatoms. The molecule has 3 unspecified atom stereocenters. The summed E-state index contributed by atoms with van der Waals surface area (Å²) in [5, 5.41) is 16.4. The van der Waals surface area contributed by atoms with Gasteiger partial charge in [0.15, 0.2) is 0 Å². The number of aromatic nitrogens is 1. The van der Waals surface area contributed by atoms with Crippen molar-refractivity contribution >= 4 is 28.4 Å². The Morgan fingerprint density at radius 3 is 2.49 bits per heavy atom. The predicted molar refractivity (Wildman–Crippen MR) is 126 cm³/mol. The highest BCUT2D eigenvalue weighted by Crippen LogP contribution is 2.47. The van der Waals surface area contributed by atoms with Crippen LogP contribution in [0.1, 0.15) is 48.5 Å². The summed E-state index contributed by atoms with van der Waals surface area (Å²) in [6, 6.07) is 4.71. The lowest BCUT2D eigenvalue weighted by atomic mass is 9.61. The molecule has 3 saturated carbocycles. The topological polar surface area (TPSA) is 89.5 Å². The van der Waals surface area contributed by atoms with Gasteiger partial charge in [-0.15, -0.1) is 0 Å². The number of hydrogen-bond donors (Lipinski definition) is 4. The van der Waals surface area contributed by atoms with Gasteiger partial charge in [0.25, 0.3) is 0 Å². The smallest absolute Gasteiger partial charge is 0.416 e. The normalized spacial score (nSPS) is 27.1. The summed E-state index contributed by atoms with van der Waals surface area (Å²) in [5.41, 5.74) is 0.0184. The number of fused-ring (bicyclic) bond motifs is 5. The van der Waals surface area contributed by atoms with E-state index in [4.69, 9.17) is 4.99 Å². The number of anilines is 1. The second-order valence-corrected chi connectivity index (χ2v) is 10.0. The molecule has 1 aromatic heterocycles. The number of benzene rings is 2. The van der Waals surface area contributed by atoms with Crippen LogP contribution >= 0.6 is 0 Å². The van der Waals surface area contributed by atoms with Crippen molar-refractivity contribution in [3.05, 3.63) is 64.9 Å². The van der Waals surface area contributed by atoms with E-state index in [0.29, 0.717) is 5.56 Å². The average Bonchev–Trinajstić information content (AvgIpc) is 3.27. The monoisotopic (exact) mass is 518 g/mol. The maximum absolute atomic E-state index is 14.3. The molecule has 0 saturated heterocycles. The minimum atomic E-state index is -4.58. The fraction of sp³-hybridized carbons (Fsp3) is 0.385. The van der Waals surface area contributed by atoms with Crippen LogP contribution < -0.4 is 10.6 Å². The van der Waals surface area contributed by atoms with Gasteiger partial charge in [-0.1, -0.05) is 6.07 Å². The van der Waals surface area contributed by atoms with Crippen LogP contribution in [-0.2, 0) is 11.0 Å². The molecule has 0 amide bonds. The van der Waals surface area contributed by atoms with Crippen molar-refractivity contribution in [3.8, 4) is 0 Å². The number of aliphatic imine (C=N–C) groups is 1. The maximum Gasteiger partial charge on any atom is 0.416 e. The number of alkyl halides is 3. The first-order chi connectivity index (χ1) is 17.6. The van der Waals surface area contributed by atoms with Gasteiger partial charge in [-0.25, -0.2) is 13.8 Å². The van der Waals surface area contributed by atoms with Gasteiger partial charge in [-0.2, -0.15) is 13.2 Å². The fourth-order valence-corrected chi connectivity index (χ4v) is 6.28. The number of H-pyrrole nitrogens is 1. The third-order valence-electron chi connectivity index (χ3n) is 8.00. The highest BCUT2D eigenvalue weighted by atomic mass is 19.4. The highest BCUT2D eigenvalue weighted by molar-refractivity contribution is 6.16. The molecule has 2 aromatic carbocycles. The summed E-state index contributed by atoms with van der Waals surface area (Å²) in [4.78, 5) is 19.6. The Morgan fingerprint density at radius 1 is 1.05 bits per heavy atom. The number of hydrogen-bond acceptors (Lipinski definition) is 4. The summed E-state index contributed by atoms with van der Waals surface area (Å²) in [5.74, 6) is -2.90. The molecule has 7 rings (SSSR count). The van der Waals surface area contributed by atoms with E-state index in [1.165, 1.54) is 12.3 Å². The molecule has 194 valence electrons. The molecular weight excluding hydrogens is 495 g/mol. The van der Waals surface area contributed by atoms with E-state index in [0.717, 1.165) is 49.9 Å². The lowest BCUT2D eigenvalue weighted by molar-refractivity contribution is -0.150. The van der Waals surface area contributed by atoms with Crippen LogP contribution in [0.25, 0.3) is 10.9 Å². The molecule has 3 fully saturated rings. The van der Waals surface area contributed by atoms with Crippen molar-refractivity contribution in [1.82, 2.24) is 10.3 Å². The molecule has 3 atom stereocenters. The van der Waals surface area contributed by atoms with Crippen LogP contribution in [0.4, 0.5) is 27.6 Å². The van der Waals surface area contributed by atoms with Crippen molar-refractivity contribution in [2.24, 2.45) is 22.7 Å². The Morgan fingerprint density at radius 2 is 1.78 bits per heavy atom. The quantitative estimate of drug-likeness (QED) is 0.328. The number of aliphatic carboxylic acids is 1. The van der Waals surface area contributed by atoms with E-state index < -0.39 is 47.5 Å². The first-order valence-electron chi connectivity index (χ1n) is 12.1. The Hall–Kier alpha value is -3.47. The van der Waals surface area contributed by atoms with E-state index in [9.17, 15) is 31.9 Å². The van der Waals surface area contributed by atoms with Crippen molar-refractivity contribution < 1.29 is 31.9 Å². The number of carboxylic acid groups (broad SMARTS) is 1. The Kier molecular flexibility index (Phi) is 5.52. The highest BCUT2D eigenvalue weighted by Gasteiger charge is 2.48. The van der Waals surface area contributed by atoms with Gasteiger partial charge < -0.3 is 15.4 Å². The number of halogens is 5. The van der Waals surface area contributed by atoms with Crippen molar-refractivity contribution in [3.63, 3.8) is 0 Å². The Balaban J connectivity index is 1.45. The second kappa shape index (κ2) is 8.54. The van der Waals surface area contributed by atoms with Gasteiger partial charge in [0.1, 0.15) is 23.6 Å². The molecule has 4 N–H and O–H groups in total. The van der Waals surface area contributed by atoms with Gasteiger partial charge in [-0.05, 0) is 55.7 Å². The summed E-state index contributed by atoms with van der Waals surface area (Å²) < 4.78 is 68.9. The molecule has 3 aliphatic carbocycles. The SMILES string of the molecule is O=C(O)C1C2CCC(CC2)C1NC1N=C(c2c[nH]c3c(F)cc(F)cc23)Nc2cc(C(F)(F)F)ccc21. The molecule has 6 nitrogen and oxygen atoms in total. The molecule has 4 aliphatic rings. The zero-order chi connectivity index (χ0) is 26.1. The molecule has 1 aliphatic heterocycles. The number of carbonyl (C=O) groups is 1. The van der Waals surface area contributed by atoms with Gasteiger partial charge in [0, 0.05) is 40.5 Å². The largest absolute Gasteiger partial charge is 0.481 e. The maximum atomic E-state index is 14.3. The molecule has 37 heavy (non-hydrogen) atoms. The molecule has 2 bridgehead atoms. The van der Waals surface area contributed by atoms with Gasteiger partial charge in [0.2, 0.25) is 0 Å². The number of aromatic amines is 1. The van der Waals surface area contributed by atoms with E-state index >= 15 is 0 Å². The minimum Gasteiger partial charge on any atom is -0.481 e. The van der Waals surface area contributed by atoms with Crippen LogP contribution in [0.2, 0.25) is 0 Å². The van der Waals surface area contributed by atoms with Crippen molar-refractivity contribution in [2.45, 2.75) is 44.1 Å². The third-order valence-corrected chi connectivity index (χ3v) is 8.00. The van der Waals surface area contributed by atoms with Crippen LogP contribution in [0.5, 0.6) is 0 Å². The summed E-state index contributed by atoms with van der Waals surface area (Å²) >= 11 is 0. The lowest BCUT2D eigenvalue weighted by Crippen LogP contribution is -2.55. The van der Waals surface area contributed by atoms with Crippen LogP contribution in [0.3, 0.4) is 0 Å². The minimum absolute atomic E-state index is 0.0248. The summed E-state index contributed by atoms with van der Waals surface area (Å²) in [7, 11) is 0.